The quantitative estimate of drug-likeness (QED) is 0.860. The van der Waals surface area contributed by atoms with Crippen LogP contribution in [0.1, 0.15) is 18.5 Å². The van der Waals surface area contributed by atoms with Gasteiger partial charge in [0.2, 0.25) is 5.91 Å². The van der Waals surface area contributed by atoms with Crippen LogP contribution in [0, 0.1) is 5.82 Å². The van der Waals surface area contributed by atoms with Gasteiger partial charge in [0.25, 0.3) is 0 Å². The van der Waals surface area contributed by atoms with Crippen molar-refractivity contribution >= 4 is 17.7 Å². The molecule has 0 aliphatic carbocycles. The van der Waals surface area contributed by atoms with Crippen molar-refractivity contribution in [1.29, 1.82) is 0 Å². The van der Waals surface area contributed by atoms with Crippen LogP contribution in [0.5, 0.6) is 0 Å². The number of thioether (sulfide) groups is 1. The van der Waals surface area contributed by atoms with Gasteiger partial charge in [-0.05, 0) is 38.7 Å². The molecular weight excluding hydrogens is 313 g/mol. The SMILES string of the molecule is CC(C(=O)NCC(c1ccc(F)cc1)N(C)C)N1CCSCC1. The van der Waals surface area contributed by atoms with E-state index in [0.717, 1.165) is 30.2 Å². The number of carbonyl (C=O) groups excluding carboxylic acids is 1. The van der Waals surface area contributed by atoms with Crippen molar-refractivity contribution in [2.75, 3.05) is 45.2 Å². The first-order valence-electron chi connectivity index (χ1n) is 8.00. The zero-order valence-corrected chi connectivity index (χ0v) is 14.9. The monoisotopic (exact) mass is 339 g/mol. The average Bonchev–Trinajstić information content (AvgIpc) is 2.56. The Morgan fingerprint density at radius 2 is 1.91 bits per heavy atom. The second-order valence-corrected chi connectivity index (χ2v) is 7.33. The molecule has 0 spiro atoms. The van der Waals surface area contributed by atoms with Gasteiger partial charge in [0.1, 0.15) is 5.82 Å². The molecule has 2 rings (SSSR count). The molecule has 1 N–H and O–H groups in total. The normalized spacial score (nSPS) is 18.7. The predicted octanol–water partition coefficient (Wildman–Crippen LogP) is 1.98. The Morgan fingerprint density at radius 1 is 1.30 bits per heavy atom. The topological polar surface area (TPSA) is 35.6 Å². The molecule has 2 unspecified atom stereocenters. The first kappa shape index (κ1) is 18.2. The van der Waals surface area contributed by atoms with Crippen LogP contribution in [-0.2, 0) is 4.79 Å². The summed E-state index contributed by atoms with van der Waals surface area (Å²) in [5.41, 5.74) is 0.999. The van der Waals surface area contributed by atoms with E-state index in [1.54, 1.807) is 12.1 Å². The summed E-state index contributed by atoms with van der Waals surface area (Å²) < 4.78 is 13.1. The molecule has 0 bridgehead atoms. The Bertz CT molecular complexity index is 503. The molecule has 1 aromatic rings. The Morgan fingerprint density at radius 3 is 2.48 bits per heavy atom. The zero-order valence-electron chi connectivity index (χ0n) is 14.1. The van der Waals surface area contributed by atoms with Crippen molar-refractivity contribution < 1.29 is 9.18 Å². The van der Waals surface area contributed by atoms with E-state index in [4.69, 9.17) is 0 Å². The molecule has 6 heteroatoms. The summed E-state index contributed by atoms with van der Waals surface area (Å²) in [7, 11) is 3.93. The highest BCUT2D eigenvalue weighted by atomic mass is 32.2. The number of halogens is 1. The fourth-order valence-corrected chi connectivity index (χ4v) is 3.69. The van der Waals surface area contributed by atoms with Crippen LogP contribution in [0.3, 0.4) is 0 Å². The maximum atomic E-state index is 13.1. The minimum absolute atomic E-state index is 0.0312. The van der Waals surface area contributed by atoms with E-state index in [0.29, 0.717) is 6.54 Å². The highest BCUT2D eigenvalue weighted by molar-refractivity contribution is 7.99. The van der Waals surface area contributed by atoms with E-state index in [2.05, 4.69) is 10.2 Å². The first-order chi connectivity index (χ1) is 11.0. The highest BCUT2D eigenvalue weighted by Crippen LogP contribution is 2.18. The lowest BCUT2D eigenvalue weighted by Gasteiger charge is -2.32. The van der Waals surface area contributed by atoms with Gasteiger partial charge >= 0.3 is 0 Å². The Kier molecular flexibility index (Phi) is 6.87. The van der Waals surface area contributed by atoms with Crippen LogP contribution < -0.4 is 5.32 Å². The molecule has 128 valence electrons. The van der Waals surface area contributed by atoms with Gasteiger partial charge in [0, 0.05) is 31.1 Å². The third kappa shape index (κ3) is 5.19. The van der Waals surface area contributed by atoms with Gasteiger partial charge in [0.05, 0.1) is 12.1 Å². The Hall–Kier alpha value is -1.11. The predicted molar refractivity (Wildman–Crippen MR) is 94.2 cm³/mol. The molecular formula is C17H26FN3OS. The van der Waals surface area contributed by atoms with Gasteiger partial charge in [0.15, 0.2) is 0 Å². The number of carbonyl (C=O) groups is 1. The van der Waals surface area contributed by atoms with Gasteiger partial charge < -0.3 is 10.2 Å². The van der Waals surface area contributed by atoms with Crippen molar-refractivity contribution in [2.45, 2.75) is 19.0 Å². The first-order valence-corrected chi connectivity index (χ1v) is 9.16. The Labute approximate surface area is 142 Å². The van der Waals surface area contributed by atoms with Gasteiger partial charge in [-0.1, -0.05) is 12.1 Å². The van der Waals surface area contributed by atoms with E-state index in [1.165, 1.54) is 12.1 Å². The number of amides is 1. The smallest absolute Gasteiger partial charge is 0.237 e. The summed E-state index contributed by atoms with van der Waals surface area (Å²) in [4.78, 5) is 16.7. The summed E-state index contributed by atoms with van der Waals surface area (Å²) in [6.45, 7) is 4.42. The molecule has 1 aliphatic rings. The number of nitrogens with one attached hydrogen (secondary N) is 1. The zero-order chi connectivity index (χ0) is 16.8. The van der Waals surface area contributed by atoms with Gasteiger partial charge in [-0.2, -0.15) is 11.8 Å². The molecule has 4 nitrogen and oxygen atoms in total. The molecule has 23 heavy (non-hydrogen) atoms. The molecule has 1 saturated heterocycles. The Balaban J connectivity index is 1.92. The number of likely N-dealkylation sites (N-methyl/N-ethyl adjacent to an activating group) is 1. The van der Waals surface area contributed by atoms with Crippen LogP contribution in [0.25, 0.3) is 0 Å². The number of rotatable bonds is 6. The summed E-state index contributed by atoms with van der Waals surface area (Å²) >= 11 is 1.94. The largest absolute Gasteiger partial charge is 0.353 e. The molecule has 1 amide bonds. The van der Waals surface area contributed by atoms with Crippen LogP contribution >= 0.6 is 11.8 Å². The van der Waals surface area contributed by atoms with E-state index in [9.17, 15) is 9.18 Å². The second-order valence-electron chi connectivity index (χ2n) is 6.10. The highest BCUT2D eigenvalue weighted by Gasteiger charge is 2.24. The average molecular weight is 339 g/mol. The minimum Gasteiger partial charge on any atom is -0.353 e. The molecule has 0 saturated carbocycles. The molecule has 1 aliphatic heterocycles. The summed E-state index contributed by atoms with van der Waals surface area (Å²) in [5.74, 6) is 2.00. The number of nitrogens with zero attached hydrogens (tertiary/aromatic N) is 2. The van der Waals surface area contributed by atoms with Gasteiger partial charge in [-0.3, -0.25) is 9.69 Å². The third-order valence-electron chi connectivity index (χ3n) is 4.32. The summed E-state index contributed by atoms with van der Waals surface area (Å²) in [6.07, 6.45) is 0. The van der Waals surface area contributed by atoms with Crippen LogP contribution in [0.2, 0.25) is 0 Å². The maximum absolute atomic E-state index is 13.1. The van der Waals surface area contributed by atoms with Crippen molar-refractivity contribution in [3.8, 4) is 0 Å². The lowest BCUT2D eigenvalue weighted by Crippen LogP contribution is -2.49. The summed E-state index contributed by atoms with van der Waals surface area (Å²) in [6, 6.07) is 6.40. The third-order valence-corrected chi connectivity index (χ3v) is 5.26. The lowest BCUT2D eigenvalue weighted by molar-refractivity contribution is -0.126. The number of benzene rings is 1. The van der Waals surface area contributed by atoms with Crippen molar-refractivity contribution in [3.63, 3.8) is 0 Å². The van der Waals surface area contributed by atoms with Crippen molar-refractivity contribution in [2.24, 2.45) is 0 Å². The maximum Gasteiger partial charge on any atom is 0.237 e. The molecule has 0 radical (unpaired) electrons. The van der Waals surface area contributed by atoms with Crippen LogP contribution in [0.4, 0.5) is 4.39 Å². The van der Waals surface area contributed by atoms with Crippen molar-refractivity contribution in [3.05, 3.63) is 35.6 Å². The van der Waals surface area contributed by atoms with Crippen LogP contribution in [0.15, 0.2) is 24.3 Å². The summed E-state index contributed by atoms with van der Waals surface area (Å²) in [5, 5.41) is 3.05. The van der Waals surface area contributed by atoms with E-state index in [1.807, 2.05) is 37.7 Å². The van der Waals surface area contributed by atoms with Crippen LogP contribution in [-0.4, -0.2) is 67.0 Å². The number of hydrogen-bond acceptors (Lipinski definition) is 4. The molecule has 1 fully saturated rings. The second kappa shape index (κ2) is 8.66. The number of hydrogen-bond donors (Lipinski definition) is 1. The molecule has 1 heterocycles. The van der Waals surface area contributed by atoms with E-state index < -0.39 is 0 Å². The van der Waals surface area contributed by atoms with Gasteiger partial charge in [-0.15, -0.1) is 0 Å². The van der Waals surface area contributed by atoms with Gasteiger partial charge in [-0.25, -0.2) is 4.39 Å². The lowest BCUT2D eigenvalue weighted by atomic mass is 10.1. The molecule has 2 atom stereocenters. The fraction of sp³-hybridized carbons (Fsp3) is 0.588. The van der Waals surface area contributed by atoms with Crippen molar-refractivity contribution in [1.82, 2.24) is 15.1 Å². The molecule has 1 aromatic carbocycles. The fourth-order valence-electron chi connectivity index (χ4n) is 2.76. The standard InChI is InChI=1S/C17H26FN3OS/c1-13(21-8-10-23-11-9-21)17(22)19-12-16(20(2)3)14-4-6-15(18)7-5-14/h4-7,13,16H,8-12H2,1-3H3,(H,19,22). The van der Waals surface area contributed by atoms with E-state index >= 15 is 0 Å². The molecule has 0 aromatic heterocycles. The minimum atomic E-state index is -0.244. The van der Waals surface area contributed by atoms with E-state index in [-0.39, 0.29) is 23.8 Å².